The average molecular weight is 282 g/mol. The van der Waals surface area contributed by atoms with Crippen molar-refractivity contribution in [2.75, 3.05) is 0 Å². The third-order valence-corrected chi connectivity index (χ3v) is 3.61. The van der Waals surface area contributed by atoms with Crippen molar-refractivity contribution in [1.82, 2.24) is 14.9 Å². The minimum Gasteiger partial charge on any atom is -0.304 e. The number of nitrogens with zero attached hydrogens (tertiary/aromatic N) is 2. The summed E-state index contributed by atoms with van der Waals surface area (Å²) in [5.74, 6) is 0.498. The van der Waals surface area contributed by atoms with Gasteiger partial charge in [0.25, 0.3) is 0 Å². The number of hydrogen-bond donors (Lipinski definition) is 1. The predicted molar refractivity (Wildman–Crippen MR) is 75.8 cm³/mol. The van der Waals surface area contributed by atoms with Gasteiger partial charge in [0, 0.05) is 23.0 Å². The Balaban J connectivity index is 2.06. The molecule has 1 heterocycles. The van der Waals surface area contributed by atoms with Gasteiger partial charge in [0.05, 0.1) is 5.69 Å². The molecule has 3 nitrogen and oxygen atoms in total. The van der Waals surface area contributed by atoms with E-state index in [0.717, 1.165) is 17.3 Å². The van der Waals surface area contributed by atoms with Crippen molar-refractivity contribution < 1.29 is 0 Å². The van der Waals surface area contributed by atoms with Crippen molar-refractivity contribution in [2.45, 2.75) is 26.4 Å². The summed E-state index contributed by atoms with van der Waals surface area (Å²) < 4.78 is 3.86. The quantitative estimate of drug-likeness (QED) is 0.908. The Labute approximate surface area is 116 Å². The molecule has 18 heavy (non-hydrogen) atoms. The molecule has 0 saturated carbocycles. The first kappa shape index (κ1) is 13.5. The highest BCUT2D eigenvalue weighted by Crippen LogP contribution is 2.23. The minimum atomic E-state index is 0.295. The molecule has 0 saturated heterocycles. The summed E-state index contributed by atoms with van der Waals surface area (Å²) in [5.41, 5.74) is 2.23. The van der Waals surface area contributed by atoms with Gasteiger partial charge in [0.1, 0.15) is 0 Å². The third-order valence-electron chi connectivity index (χ3n) is 2.80. The van der Waals surface area contributed by atoms with Gasteiger partial charge in [0.2, 0.25) is 0 Å². The maximum Gasteiger partial charge on any atom is 0.0893 e. The molecule has 0 aliphatic carbocycles. The van der Waals surface area contributed by atoms with E-state index in [1.54, 1.807) is 0 Å². The van der Waals surface area contributed by atoms with Crippen LogP contribution in [0, 0.1) is 5.92 Å². The number of halogens is 1. The summed E-state index contributed by atoms with van der Waals surface area (Å²) in [6.45, 7) is 5.14. The summed E-state index contributed by atoms with van der Waals surface area (Å²) in [7, 11) is 0. The Morgan fingerprint density at radius 1 is 1.28 bits per heavy atom. The van der Waals surface area contributed by atoms with Gasteiger partial charge in [-0.05, 0) is 35.1 Å². The lowest BCUT2D eigenvalue weighted by atomic mass is 9.96. The largest absolute Gasteiger partial charge is 0.304 e. The molecular formula is C13H16ClN3S. The normalized spacial score (nSPS) is 12.9. The van der Waals surface area contributed by atoms with Gasteiger partial charge in [-0.3, -0.25) is 0 Å². The van der Waals surface area contributed by atoms with Gasteiger partial charge in [-0.15, -0.1) is 5.10 Å². The fraction of sp³-hybridized carbons (Fsp3) is 0.385. The third kappa shape index (κ3) is 3.51. The summed E-state index contributed by atoms with van der Waals surface area (Å²) in [5, 5.41) is 10.3. The van der Waals surface area contributed by atoms with Crippen molar-refractivity contribution >= 4 is 23.1 Å². The first-order chi connectivity index (χ1) is 8.66. The van der Waals surface area contributed by atoms with E-state index >= 15 is 0 Å². The van der Waals surface area contributed by atoms with E-state index in [1.165, 1.54) is 17.1 Å². The molecule has 5 heteroatoms. The molecule has 1 aromatic carbocycles. The molecule has 1 unspecified atom stereocenters. The number of benzene rings is 1. The Morgan fingerprint density at radius 3 is 2.56 bits per heavy atom. The van der Waals surface area contributed by atoms with E-state index in [2.05, 4.69) is 40.9 Å². The van der Waals surface area contributed by atoms with E-state index in [1.807, 2.05) is 17.5 Å². The van der Waals surface area contributed by atoms with Crippen LogP contribution in [-0.4, -0.2) is 9.59 Å². The Morgan fingerprint density at radius 2 is 2.00 bits per heavy atom. The van der Waals surface area contributed by atoms with E-state index in [4.69, 9.17) is 11.6 Å². The van der Waals surface area contributed by atoms with Gasteiger partial charge in [0.15, 0.2) is 0 Å². The van der Waals surface area contributed by atoms with Crippen LogP contribution in [0.1, 0.15) is 31.1 Å². The number of hydrogen-bond acceptors (Lipinski definition) is 4. The van der Waals surface area contributed by atoms with E-state index in [9.17, 15) is 0 Å². The van der Waals surface area contributed by atoms with Crippen molar-refractivity contribution in [2.24, 2.45) is 5.92 Å². The molecule has 2 rings (SSSR count). The van der Waals surface area contributed by atoms with Gasteiger partial charge in [-0.25, -0.2) is 0 Å². The molecular weight excluding hydrogens is 266 g/mol. The van der Waals surface area contributed by atoms with Gasteiger partial charge < -0.3 is 5.32 Å². The lowest BCUT2D eigenvalue weighted by Crippen LogP contribution is -2.25. The summed E-state index contributed by atoms with van der Waals surface area (Å²) in [4.78, 5) is 0. The summed E-state index contributed by atoms with van der Waals surface area (Å²) in [6.07, 6.45) is 0. The van der Waals surface area contributed by atoms with Crippen LogP contribution in [0.5, 0.6) is 0 Å². The molecule has 0 aliphatic rings. The minimum absolute atomic E-state index is 0.295. The topological polar surface area (TPSA) is 37.8 Å². The molecule has 1 atom stereocenters. The highest BCUT2D eigenvalue weighted by Gasteiger charge is 2.15. The second-order valence-electron chi connectivity index (χ2n) is 4.55. The van der Waals surface area contributed by atoms with Gasteiger partial charge >= 0.3 is 0 Å². The zero-order chi connectivity index (χ0) is 13.0. The van der Waals surface area contributed by atoms with Crippen molar-refractivity contribution in [1.29, 1.82) is 0 Å². The number of aromatic nitrogens is 2. The zero-order valence-corrected chi connectivity index (χ0v) is 12.0. The van der Waals surface area contributed by atoms with E-state index in [-0.39, 0.29) is 0 Å². The van der Waals surface area contributed by atoms with Gasteiger partial charge in [-0.1, -0.05) is 42.1 Å². The van der Waals surface area contributed by atoms with Crippen LogP contribution in [0.2, 0.25) is 5.02 Å². The molecule has 2 aromatic rings. The molecule has 0 bridgehead atoms. The molecule has 0 aliphatic heterocycles. The van der Waals surface area contributed by atoms with Crippen molar-refractivity contribution in [3.63, 3.8) is 0 Å². The molecule has 1 aromatic heterocycles. The highest BCUT2D eigenvalue weighted by atomic mass is 35.5. The average Bonchev–Trinajstić information content (AvgIpc) is 2.84. The Kier molecular flexibility index (Phi) is 4.69. The zero-order valence-electron chi connectivity index (χ0n) is 10.4. The van der Waals surface area contributed by atoms with E-state index < -0.39 is 0 Å². The predicted octanol–water partition coefficient (Wildman–Crippen LogP) is 3.68. The lowest BCUT2D eigenvalue weighted by molar-refractivity contribution is 0.408. The molecule has 1 N–H and O–H groups in total. The van der Waals surface area contributed by atoms with Crippen LogP contribution in [0.3, 0.4) is 0 Å². The molecule has 0 fully saturated rings. The molecule has 0 radical (unpaired) electrons. The highest BCUT2D eigenvalue weighted by molar-refractivity contribution is 7.03. The smallest absolute Gasteiger partial charge is 0.0893 e. The lowest BCUT2D eigenvalue weighted by Gasteiger charge is -2.22. The SMILES string of the molecule is CC(C)C(NCc1csnn1)c1ccc(Cl)cc1. The number of rotatable bonds is 5. The Hall–Kier alpha value is -0.970. The van der Waals surface area contributed by atoms with Crippen LogP contribution in [0.25, 0.3) is 0 Å². The summed E-state index contributed by atoms with van der Waals surface area (Å²) in [6, 6.07) is 8.29. The van der Waals surface area contributed by atoms with Crippen molar-refractivity contribution in [3.8, 4) is 0 Å². The van der Waals surface area contributed by atoms with Gasteiger partial charge in [-0.2, -0.15) is 0 Å². The van der Waals surface area contributed by atoms with E-state index in [0.29, 0.717) is 12.0 Å². The second-order valence-corrected chi connectivity index (χ2v) is 5.60. The molecule has 96 valence electrons. The second kappa shape index (κ2) is 6.27. The fourth-order valence-corrected chi connectivity index (χ4v) is 2.46. The fourth-order valence-electron chi connectivity index (χ4n) is 1.88. The first-order valence-corrected chi connectivity index (χ1v) is 7.13. The maximum absolute atomic E-state index is 5.92. The monoisotopic (exact) mass is 281 g/mol. The van der Waals surface area contributed by atoms with Crippen LogP contribution in [0.4, 0.5) is 0 Å². The molecule has 0 amide bonds. The Bertz CT molecular complexity index is 467. The van der Waals surface area contributed by atoms with Crippen LogP contribution in [0.15, 0.2) is 29.6 Å². The summed E-state index contributed by atoms with van der Waals surface area (Å²) >= 11 is 7.30. The maximum atomic E-state index is 5.92. The first-order valence-electron chi connectivity index (χ1n) is 5.91. The van der Waals surface area contributed by atoms with Crippen LogP contribution >= 0.6 is 23.1 Å². The van der Waals surface area contributed by atoms with Crippen LogP contribution < -0.4 is 5.32 Å². The standard InChI is InChI=1S/C13H16ClN3S/c1-9(2)13(10-3-5-11(14)6-4-10)15-7-12-8-18-17-16-12/h3-6,8-9,13,15H,7H2,1-2H3. The van der Waals surface area contributed by atoms with Crippen molar-refractivity contribution in [3.05, 3.63) is 45.9 Å². The van der Waals surface area contributed by atoms with Crippen LogP contribution in [-0.2, 0) is 6.54 Å². The molecule has 0 spiro atoms. The number of nitrogens with one attached hydrogen (secondary N) is 1.